The van der Waals surface area contributed by atoms with Gasteiger partial charge in [0.15, 0.2) is 0 Å². The highest BCUT2D eigenvalue weighted by molar-refractivity contribution is 9.10. The van der Waals surface area contributed by atoms with Crippen LogP contribution in [0.1, 0.15) is 24.4 Å². The fourth-order valence-corrected chi connectivity index (χ4v) is 1.62. The molecule has 0 aromatic heterocycles. The summed E-state index contributed by atoms with van der Waals surface area (Å²) in [5, 5.41) is 0. The molecule has 78 valence electrons. The Balaban J connectivity index is 0.00000169. The summed E-state index contributed by atoms with van der Waals surface area (Å²) in [7, 11) is 0. The fraction of sp³-hybridized carbons (Fsp3) is 0.273. The molecule has 0 amide bonds. The summed E-state index contributed by atoms with van der Waals surface area (Å²) in [5.74, 6) is 0. The molecule has 0 unspecified atom stereocenters. The van der Waals surface area contributed by atoms with Crippen molar-refractivity contribution in [3.63, 3.8) is 0 Å². The Morgan fingerprint density at radius 2 is 2.21 bits per heavy atom. The lowest BCUT2D eigenvalue weighted by Gasteiger charge is -2.10. The van der Waals surface area contributed by atoms with Crippen LogP contribution in [0.5, 0.6) is 0 Å². The molecular weight excluding hydrogens is 261 g/mol. The molecule has 0 saturated carbocycles. The van der Waals surface area contributed by atoms with Gasteiger partial charge in [0.25, 0.3) is 0 Å². The van der Waals surface area contributed by atoms with Crippen molar-refractivity contribution in [1.82, 2.24) is 0 Å². The van der Waals surface area contributed by atoms with E-state index < -0.39 is 0 Å². The van der Waals surface area contributed by atoms with Gasteiger partial charge in [-0.2, -0.15) is 0 Å². The molecule has 1 nitrogen and oxygen atoms in total. The molecule has 0 radical (unpaired) electrons. The molecule has 1 aromatic carbocycles. The number of halogens is 2. The Kier molecular flexibility index (Phi) is 6.89. The standard InChI is InChI=1S/C11H14BrN.ClH/c1-2-3-7-11(13)9-5-4-6-10(12)8-9;/h2,4-6,8,11H,1,3,7,13H2;1H/t11-;/m0./s1. The van der Waals surface area contributed by atoms with Crippen LogP contribution in [0.25, 0.3) is 0 Å². The lowest BCUT2D eigenvalue weighted by molar-refractivity contribution is 0.661. The summed E-state index contributed by atoms with van der Waals surface area (Å²) in [6.45, 7) is 3.68. The summed E-state index contributed by atoms with van der Waals surface area (Å²) in [6.07, 6.45) is 3.82. The van der Waals surface area contributed by atoms with Crippen LogP contribution in [0.4, 0.5) is 0 Å². The van der Waals surface area contributed by atoms with E-state index in [0.717, 1.165) is 17.3 Å². The summed E-state index contributed by atoms with van der Waals surface area (Å²) in [5.41, 5.74) is 7.16. The molecule has 1 aromatic rings. The van der Waals surface area contributed by atoms with Gasteiger partial charge in [0.1, 0.15) is 0 Å². The highest BCUT2D eigenvalue weighted by Gasteiger charge is 2.04. The Bertz CT molecular complexity index is 288. The van der Waals surface area contributed by atoms with Crippen molar-refractivity contribution >= 4 is 28.3 Å². The lowest BCUT2D eigenvalue weighted by atomic mass is 10.0. The van der Waals surface area contributed by atoms with Crippen molar-refractivity contribution in [2.24, 2.45) is 5.73 Å². The zero-order valence-electron chi connectivity index (χ0n) is 7.95. The molecule has 0 aliphatic rings. The maximum atomic E-state index is 5.98. The first kappa shape index (κ1) is 13.7. The van der Waals surface area contributed by atoms with Crippen LogP contribution < -0.4 is 5.73 Å². The molecule has 0 aliphatic heterocycles. The van der Waals surface area contributed by atoms with Gasteiger partial charge in [-0.05, 0) is 30.5 Å². The second-order valence-electron chi connectivity index (χ2n) is 3.03. The summed E-state index contributed by atoms with van der Waals surface area (Å²) in [4.78, 5) is 0. The molecule has 14 heavy (non-hydrogen) atoms. The van der Waals surface area contributed by atoms with Crippen LogP contribution in [-0.2, 0) is 0 Å². The maximum absolute atomic E-state index is 5.98. The first-order chi connectivity index (χ1) is 6.24. The summed E-state index contributed by atoms with van der Waals surface area (Å²) >= 11 is 3.42. The molecule has 0 fully saturated rings. The van der Waals surface area contributed by atoms with Crippen molar-refractivity contribution in [1.29, 1.82) is 0 Å². The molecular formula is C11H15BrClN. The van der Waals surface area contributed by atoms with Gasteiger partial charge < -0.3 is 5.73 Å². The smallest absolute Gasteiger partial charge is 0.0298 e. The van der Waals surface area contributed by atoms with Gasteiger partial charge in [0, 0.05) is 10.5 Å². The Labute approximate surface area is 99.9 Å². The predicted molar refractivity (Wildman–Crippen MR) is 67.7 cm³/mol. The zero-order chi connectivity index (χ0) is 9.68. The largest absolute Gasteiger partial charge is 0.324 e. The van der Waals surface area contributed by atoms with Crippen LogP contribution in [0.15, 0.2) is 41.4 Å². The molecule has 0 spiro atoms. The van der Waals surface area contributed by atoms with E-state index in [1.54, 1.807) is 0 Å². The average Bonchev–Trinajstić information content (AvgIpc) is 2.14. The van der Waals surface area contributed by atoms with E-state index in [0.29, 0.717) is 0 Å². The van der Waals surface area contributed by atoms with Crippen LogP contribution in [-0.4, -0.2) is 0 Å². The van der Waals surface area contributed by atoms with Gasteiger partial charge in [-0.1, -0.05) is 34.1 Å². The van der Waals surface area contributed by atoms with Crippen molar-refractivity contribution < 1.29 is 0 Å². The molecule has 3 heteroatoms. The van der Waals surface area contributed by atoms with Crippen molar-refractivity contribution in [3.8, 4) is 0 Å². The Morgan fingerprint density at radius 1 is 1.50 bits per heavy atom. The van der Waals surface area contributed by atoms with Crippen LogP contribution in [0.2, 0.25) is 0 Å². The van der Waals surface area contributed by atoms with E-state index in [1.807, 2.05) is 18.2 Å². The average molecular weight is 277 g/mol. The molecule has 0 bridgehead atoms. The zero-order valence-corrected chi connectivity index (χ0v) is 10.4. The molecule has 0 aliphatic carbocycles. The number of nitrogens with two attached hydrogens (primary N) is 1. The van der Waals surface area contributed by atoms with Crippen molar-refractivity contribution in [2.45, 2.75) is 18.9 Å². The van der Waals surface area contributed by atoms with E-state index in [1.165, 1.54) is 5.56 Å². The second-order valence-corrected chi connectivity index (χ2v) is 3.94. The van der Waals surface area contributed by atoms with Gasteiger partial charge in [0.05, 0.1) is 0 Å². The fourth-order valence-electron chi connectivity index (χ4n) is 1.20. The third-order valence-corrected chi connectivity index (χ3v) is 2.45. The molecule has 1 rings (SSSR count). The SMILES string of the molecule is C=CCC[C@H](N)c1cccc(Br)c1.Cl. The minimum Gasteiger partial charge on any atom is -0.324 e. The first-order valence-electron chi connectivity index (χ1n) is 4.36. The second kappa shape index (κ2) is 7.04. The summed E-state index contributed by atoms with van der Waals surface area (Å²) < 4.78 is 1.08. The summed E-state index contributed by atoms with van der Waals surface area (Å²) in [6, 6.07) is 8.25. The minimum atomic E-state index is 0. The van der Waals surface area contributed by atoms with E-state index in [4.69, 9.17) is 5.73 Å². The van der Waals surface area contributed by atoms with Crippen LogP contribution >= 0.6 is 28.3 Å². The third-order valence-electron chi connectivity index (χ3n) is 1.96. The van der Waals surface area contributed by atoms with Gasteiger partial charge in [-0.3, -0.25) is 0 Å². The predicted octanol–water partition coefficient (Wildman–Crippen LogP) is 3.84. The number of rotatable bonds is 4. The number of allylic oxidation sites excluding steroid dienone is 1. The van der Waals surface area contributed by atoms with Crippen molar-refractivity contribution in [3.05, 3.63) is 47.0 Å². The van der Waals surface area contributed by atoms with E-state index in [2.05, 4.69) is 34.6 Å². The highest BCUT2D eigenvalue weighted by atomic mass is 79.9. The number of hydrogen-bond donors (Lipinski definition) is 1. The van der Waals surface area contributed by atoms with Crippen LogP contribution in [0.3, 0.4) is 0 Å². The van der Waals surface area contributed by atoms with Gasteiger partial charge in [-0.25, -0.2) is 0 Å². The number of hydrogen-bond acceptors (Lipinski definition) is 1. The minimum absolute atomic E-state index is 0. The third kappa shape index (κ3) is 4.27. The molecule has 0 saturated heterocycles. The Morgan fingerprint density at radius 3 is 2.79 bits per heavy atom. The van der Waals surface area contributed by atoms with E-state index in [9.17, 15) is 0 Å². The quantitative estimate of drug-likeness (QED) is 0.831. The Hall–Kier alpha value is -0.310. The van der Waals surface area contributed by atoms with Crippen molar-refractivity contribution in [2.75, 3.05) is 0 Å². The first-order valence-corrected chi connectivity index (χ1v) is 5.15. The molecule has 1 atom stereocenters. The topological polar surface area (TPSA) is 26.0 Å². The van der Waals surface area contributed by atoms with E-state index in [-0.39, 0.29) is 18.4 Å². The molecule has 2 N–H and O–H groups in total. The maximum Gasteiger partial charge on any atom is 0.0298 e. The lowest BCUT2D eigenvalue weighted by Crippen LogP contribution is -2.09. The van der Waals surface area contributed by atoms with Gasteiger partial charge in [-0.15, -0.1) is 19.0 Å². The molecule has 0 heterocycles. The van der Waals surface area contributed by atoms with Gasteiger partial charge in [0.2, 0.25) is 0 Å². The highest BCUT2D eigenvalue weighted by Crippen LogP contribution is 2.19. The normalized spacial score (nSPS) is 11.6. The monoisotopic (exact) mass is 275 g/mol. The van der Waals surface area contributed by atoms with Gasteiger partial charge >= 0.3 is 0 Å². The van der Waals surface area contributed by atoms with Crippen LogP contribution in [0, 0.1) is 0 Å². The van der Waals surface area contributed by atoms with E-state index >= 15 is 0 Å². The number of benzene rings is 1.